The lowest BCUT2D eigenvalue weighted by atomic mass is 10.0. The first kappa shape index (κ1) is 15.6. The van der Waals surface area contributed by atoms with Crippen molar-refractivity contribution in [1.29, 1.82) is 0 Å². The number of para-hydroxylation sites is 1. The average Bonchev–Trinajstić information content (AvgIpc) is 2.45. The Hall–Kier alpha value is -1.42. The largest absolute Gasteiger partial charge is 0.428 e. The van der Waals surface area contributed by atoms with Crippen LogP contribution >= 0.6 is 12.9 Å². The summed E-state index contributed by atoms with van der Waals surface area (Å²) in [6, 6.07) is 7.79. The van der Waals surface area contributed by atoms with E-state index < -0.39 is 0 Å². The molecule has 19 heavy (non-hydrogen) atoms. The molecule has 0 aromatic heterocycles. The second kappa shape index (κ2) is 9.50. The summed E-state index contributed by atoms with van der Waals surface area (Å²) in [4.78, 5) is 10.3. The van der Waals surface area contributed by atoms with Gasteiger partial charge in [0.1, 0.15) is 5.75 Å². The van der Waals surface area contributed by atoms with Crippen LogP contribution < -0.4 is 9.50 Å². The maximum Gasteiger partial charge on any atom is 0.207 e. The van der Waals surface area contributed by atoms with Crippen LogP contribution in [0.1, 0.15) is 38.2 Å². The summed E-state index contributed by atoms with van der Waals surface area (Å²) in [6.07, 6.45) is 7.08. The Kier molecular flexibility index (Phi) is 7.82. The van der Waals surface area contributed by atoms with Crippen molar-refractivity contribution >= 4 is 25.4 Å². The molecule has 0 fully saturated rings. The minimum absolute atomic E-state index is 0.670. The van der Waals surface area contributed by atoms with Gasteiger partial charge in [0.15, 0.2) is 0 Å². The second-order valence-electron chi connectivity index (χ2n) is 4.36. The van der Waals surface area contributed by atoms with Gasteiger partial charge in [-0.05, 0) is 25.3 Å². The van der Waals surface area contributed by atoms with E-state index in [9.17, 15) is 4.79 Å². The molecule has 0 heterocycles. The van der Waals surface area contributed by atoms with Gasteiger partial charge >= 0.3 is 0 Å². The van der Waals surface area contributed by atoms with E-state index in [0.717, 1.165) is 43.4 Å². The molecule has 0 aliphatic heterocycles. The number of carbonyl (C=O) groups is 1. The third-order valence-corrected chi connectivity index (χ3v) is 3.10. The van der Waals surface area contributed by atoms with Gasteiger partial charge in [-0.1, -0.05) is 43.2 Å². The van der Waals surface area contributed by atoms with Gasteiger partial charge in [-0.3, -0.25) is 4.79 Å². The van der Waals surface area contributed by atoms with E-state index in [1.807, 2.05) is 24.3 Å². The molecule has 4 heteroatoms. The molecule has 3 nitrogen and oxygen atoms in total. The van der Waals surface area contributed by atoms with E-state index in [-0.39, 0.29) is 0 Å². The molecule has 0 saturated heterocycles. The Morgan fingerprint density at radius 3 is 2.84 bits per heavy atom. The van der Waals surface area contributed by atoms with Crippen molar-refractivity contribution in [3.8, 4) is 5.75 Å². The molecule has 0 saturated carbocycles. The Bertz CT molecular complexity index is 418. The van der Waals surface area contributed by atoms with Crippen LogP contribution in [0.25, 0.3) is 6.08 Å². The Morgan fingerprint density at radius 2 is 2.16 bits per heavy atom. The van der Waals surface area contributed by atoms with Crippen molar-refractivity contribution in [2.24, 2.45) is 0 Å². The lowest BCUT2D eigenvalue weighted by Gasteiger charge is -2.09. The molecule has 1 aromatic carbocycles. The van der Waals surface area contributed by atoms with E-state index in [1.54, 1.807) is 0 Å². The summed E-state index contributed by atoms with van der Waals surface area (Å²) in [5, 5.41) is 2.70. The van der Waals surface area contributed by atoms with E-state index in [2.05, 4.69) is 31.2 Å². The molecule has 1 aromatic rings. The van der Waals surface area contributed by atoms with Crippen LogP contribution in [0.15, 0.2) is 29.8 Å². The fourth-order valence-electron chi connectivity index (χ4n) is 1.87. The normalized spacial score (nSPS) is 11.2. The summed E-state index contributed by atoms with van der Waals surface area (Å²) in [5.74, 6) is 0.753. The van der Waals surface area contributed by atoms with Crippen LogP contribution in [0.4, 0.5) is 0 Å². The SMILES string of the molecule is CCCC/C(=C\c1ccccc1OS)CCNC=O. The van der Waals surface area contributed by atoms with Crippen LogP contribution in [-0.4, -0.2) is 13.0 Å². The zero-order valence-electron chi connectivity index (χ0n) is 11.3. The number of rotatable bonds is 9. The van der Waals surface area contributed by atoms with Crippen LogP contribution in [0.3, 0.4) is 0 Å². The molecule has 0 radical (unpaired) electrons. The minimum Gasteiger partial charge on any atom is -0.428 e. The quantitative estimate of drug-likeness (QED) is 0.313. The van der Waals surface area contributed by atoms with Gasteiger partial charge in [0.2, 0.25) is 6.41 Å². The van der Waals surface area contributed by atoms with Crippen LogP contribution in [0.5, 0.6) is 5.75 Å². The fraction of sp³-hybridized carbons (Fsp3) is 0.400. The molecule has 0 bridgehead atoms. The number of carbonyl (C=O) groups excluding carboxylic acids is 1. The van der Waals surface area contributed by atoms with E-state index >= 15 is 0 Å². The van der Waals surface area contributed by atoms with Crippen molar-refractivity contribution in [2.75, 3.05) is 6.54 Å². The third-order valence-electron chi connectivity index (χ3n) is 2.90. The zero-order chi connectivity index (χ0) is 13.9. The molecular weight excluding hydrogens is 258 g/mol. The van der Waals surface area contributed by atoms with Crippen molar-refractivity contribution in [3.05, 3.63) is 35.4 Å². The summed E-state index contributed by atoms with van der Waals surface area (Å²) in [7, 11) is 0. The van der Waals surface area contributed by atoms with Crippen LogP contribution in [0.2, 0.25) is 0 Å². The number of hydrogen-bond acceptors (Lipinski definition) is 3. The molecule has 0 aliphatic carbocycles. The molecule has 1 rings (SSSR count). The Morgan fingerprint density at radius 1 is 1.37 bits per heavy atom. The lowest BCUT2D eigenvalue weighted by Crippen LogP contribution is -2.12. The topological polar surface area (TPSA) is 38.3 Å². The fourth-order valence-corrected chi connectivity index (χ4v) is 2.03. The number of thiol groups is 1. The highest BCUT2D eigenvalue weighted by Gasteiger charge is 2.02. The van der Waals surface area contributed by atoms with Gasteiger partial charge in [0, 0.05) is 25.0 Å². The number of hydrogen-bond donors (Lipinski definition) is 2. The number of benzene rings is 1. The van der Waals surface area contributed by atoms with Gasteiger partial charge in [0.05, 0.1) is 0 Å². The molecule has 104 valence electrons. The maximum atomic E-state index is 10.3. The summed E-state index contributed by atoms with van der Waals surface area (Å²) >= 11 is 3.87. The minimum atomic E-state index is 0.670. The van der Waals surface area contributed by atoms with Crippen molar-refractivity contribution in [1.82, 2.24) is 5.32 Å². The Labute approximate surface area is 120 Å². The second-order valence-corrected chi connectivity index (χ2v) is 4.54. The highest BCUT2D eigenvalue weighted by Crippen LogP contribution is 2.24. The van der Waals surface area contributed by atoms with Crippen molar-refractivity contribution in [2.45, 2.75) is 32.6 Å². The first-order valence-electron chi connectivity index (χ1n) is 6.58. The van der Waals surface area contributed by atoms with Gasteiger partial charge in [-0.2, -0.15) is 0 Å². The summed E-state index contributed by atoms with van der Waals surface area (Å²) in [6.45, 7) is 2.84. The van der Waals surface area contributed by atoms with Gasteiger partial charge in [-0.15, -0.1) is 0 Å². The predicted octanol–water partition coefficient (Wildman–Crippen LogP) is 3.62. The van der Waals surface area contributed by atoms with Crippen molar-refractivity contribution in [3.63, 3.8) is 0 Å². The van der Waals surface area contributed by atoms with Gasteiger partial charge in [0.25, 0.3) is 0 Å². The molecule has 1 amide bonds. The van der Waals surface area contributed by atoms with Crippen LogP contribution in [0, 0.1) is 0 Å². The monoisotopic (exact) mass is 279 g/mol. The number of unbranched alkanes of at least 4 members (excludes halogenated alkanes) is 1. The van der Waals surface area contributed by atoms with Gasteiger partial charge in [-0.25, -0.2) is 0 Å². The molecular formula is C15H21NO2S. The van der Waals surface area contributed by atoms with E-state index in [1.165, 1.54) is 5.57 Å². The smallest absolute Gasteiger partial charge is 0.207 e. The molecule has 0 spiro atoms. The summed E-state index contributed by atoms with van der Waals surface area (Å²) in [5.41, 5.74) is 2.34. The standard InChI is InChI=1S/C15H21NO2S/c1-2-3-6-13(9-10-16-12-17)11-14-7-4-5-8-15(14)18-19/h4-5,7-8,11-12,19H,2-3,6,9-10H2,1H3,(H,16,17)/b13-11+. The lowest BCUT2D eigenvalue weighted by molar-refractivity contribution is -0.109. The average molecular weight is 279 g/mol. The van der Waals surface area contributed by atoms with Crippen molar-refractivity contribution < 1.29 is 8.98 Å². The molecule has 0 unspecified atom stereocenters. The highest BCUT2D eigenvalue weighted by molar-refractivity contribution is 7.75. The maximum absolute atomic E-state index is 10.3. The number of nitrogens with one attached hydrogen (secondary N) is 1. The molecule has 1 N–H and O–H groups in total. The van der Waals surface area contributed by atoms with Crippen LogP contribution in [-0.2, 0) is 4.79 Å². The number of amides is 1. The molecule has 0 aliphatic rings. The first-order chi connectivity index (χ1) is 9.31. The molecule has 0 atom stereocenters. The van der Waals surface area contributed by atoms with E-state index in [4.69, 9.17) is 4.18 Å². The summed E-state index contributed by atoms with van der Waals surface area (Å²) < 4.78 is 5.05. The van der Waals surface area contributed by atoms with Gasteiger partial charge < -0.3 is 9.50 Å². The Balaban J connectivity index is 2.81. The van der Waals surface area contributed by atoms with E-state index in [0.29, 0.717) is 6.54 Å². The zero-order valence-corrected chi connectivity index (χ0v) is 12.2. The predicted molar refractivity (Wildman–Crippen MR) is 82.2 cm³/mol. The third kappa shape index (κ3) is 5.83. The first-order valence-corrected chi connectivity index (χ1v) is 6.95. The highest BCUT2D eigenvalue weighted by atomic mass is 32.1.